The largest absolute Gasteiger partial charge is 0.361 e. The highest BCUT2D eigenvalue weighted by Gasteiger charge is 2.50. The Kier molecular flexibility index (Phi) is 18.0. The van der Waals surface area contributed by atoms with E-state index in [0.29, 0.717) is 38.7 Å². The highest BCUT2D eigenvalue weighted by atomic mass is 16.6. The number of likely N-dealkylation sites (tertiary alicyclic amines) is 1. The average molecular weight is 774 g/mol. The summed E-state index contributed by atoms with van der Waals surface area (Å²) >= 11 is 0. The molecule has 4 amide bonds. The van der Waals surface area contributed by atoms with Crippen LogP contribution in [0.4, 0.5) is 0 Å². The summed E-state index contributed by atoms with van der Waals surface area (Å²) in [5.74, 6) is -1.64. The molecule has 5 atom stereocenters. The number of Topliss-reactive ketones (excluding diaryl/α,β-unsaturated/α-hetero) is 1. The van der Waals surface area contributed by atoms with Gasteiger partial charge in [0.2, 0.25) is 23.6 Å². The number of carbonyl (C=O) groups is 5. The van der Waals surface area contributed by atoms with Crippen LogP contribution in [0.5, 0.6) is 0 Å². The molecule has 308 valence electrons. The van der Waals surface area contributed by atoms with Crippen LogP contribution in [-0.4, -0.2) is 90.3 Å². The van der Waals surface area contributed by atoms with E-state index >= 15 is 0 Å². The van der Waals surface area contributed by atoms with Crippen LogP contribution in [0, 0.1) is 11.8 Å². The van der Waals surface area contributed by atoms with E-state index in [1.807, 2.05) is 88.4 Å². The number of piperidine rings is 1. The number of hydrogen-bond donors (Lipinski definition) is 4. The molecule has 0 bridgehead atoms. The Labute approximate surface area is 334 Å². The van der Waals surface area contributed by atoms with Crippen molar-refractivity contribution in [2.75, 3.05) is 26.2 Å². The van der Waals surface area contributed by atoms with Gasteiger partial charge in [-0.05, 0) is 101 Å². The van der Waals surface area contributed by atoms with Crippen molar-refractivity contribution in [1.29, 1.82) is 0 Å². The fraction of sp³-hybridized carbons (Fsp3) is 0.622. The monoisotopic (exact) mass is 774 g/mol. The molecule has 2 saturated heterocycles. The van der Waals surface area contributed by atoms with Gasteiger partial charge in [0.25, 0.3) is 0 Å². The fourth-order valence-electron chi connectivity index (χ4n) is 7.37. The molecule has 0 aliphatic carbocycles. The van der Waals surface area contributed by atoms with Crippen LogP contribution in [0.1, 0.15) is 110 Å². The van der Waals surface area contributed by atoms with Crippen molar-refractivity contribution in [3.8, 4) is 0 Å². The number of ketones is 1. The zero-order valence-electron chi connectivity index (χ0n) is 34.4. The van der Waals surface area contributed by atoms with Crippen LogP contribution in [0.25, 0.3) is 0 Å². The number of rotatable bonds is 24. The third kappa shape index (κ3) is 15.4. The molecule has 3 unspecified atom stereocenters. The first-order chi connectivity index (χ1) is 26.8. The Morgan fingerprint density at radius 1 is 0.661 bits per heavy atom. The second kappa shape index (κ2) is 22.6. The van der Waals surface area contributed by atoms with Crippen molar-refractivity contribution in [3.05, 3.63) is 71.8 Å². The van der Waals surface area contributed by atoms with Gasteiger partial charge in [-0.15, -0.1) is 0 Å². The highest BCUT2D eigenvalue weighted by molar-refractivity contribution is 5.98. The molecule has 2 aromatic rings. The minimum atomic E-state index is -1.02. The van der Waals surface area contributed by atoms with Gasteiger partial charge in [-0.1, -0.05) is 101 Å². The Hall–Kier alpha value is -4.09. The van der Waals surface area contributed by atoms with Crippen molar-refractivity contribution in [2.45, 2.75) is 141 Å². The summed E-state index contributed by atoms with van der Waals surface area (Å²) in [5.41, 5.74) is 0.952. The topological polar surface area (TPSA) is 149 Å². The maximum Gasteiger partial charge on any atom is 0.243 e. The molecule has 0 radical (unpaired) electrons. The summed E-state index contributed by atoms with van der Waals surface area (Å²) in [6.07, 6.45) is 8.74. The summed E-state index contributed by atoms with van der Waals surface area (Å²) < 4.78 is 5.42. The summed E-state index contributed by atoms with van der Waals surface area (Å²) in [5, 5.41) is 11.8. The molecule has 2 fully saturated rings. The molecule has 0 spiro atoms. The second-order valence-corrected chi connectivity index (χ2v) is 16.9. The number of hydrogen-bond acceptors (Lipinski definition) is 7. The first kappa shape index (κ1) is 44.6. The summed E-state index contributed by atoms with van der Waals surface area (Å²) in [7, 11) is 0. The maximum absolute atomic E-state index is 14.1. The van der Waals surface area contributed by atoms with Crippen LogP contribution in [0.3, 0.4) is 0 Å². The number of ether oxygens (including phenoxy) is 1. The van der Waals surface area contributed by atoms with Crippen LogP contribution in [0.2, 0.25) is 0 Å². The van der Waals surface area contributed by atoms with Gasteiger partial charge in [-0.25, -0.2) is 0 Å². The predicted octanol–water partition coefficient (Wildman–Crippen LogP) is 5.30. The Morgan fingerprint density at radius 3 is 1.80 bits per heavy atom. The molecule has 56 heavy (non-hydrogen) atoms. The SMILES string of the molecule is CC(C)CC(NC(=O)[C@H](CCc1ccccc1)NC(=O)CCCCCN1CCCCC1)C(=O)N[C@@H](Cc1ccccc1)C(=O)NC(CC(C)C)C(=O)C1(C)CO1. The van der Waals surface area contributed by atoms with Gasteiger partial charge >= 0.3 is 0 Å². The number of aryl methyl sites for hydroxylation is 1. The van der Waals surface area contributed by atoms with E-state index in [9.17, 15) is 24.0 Å². The van der Waals surface area contributed by atoms with Crippen LogP contribution in [-0.2, 0) is 41.6 Å². The highest BCUT2D eigenvalue weighted by Crippen LogP contribution is 2.29. The van der Waals surface area contributed by atoms with Crippen molar-refractivity contribution in [2.24, 2.45) is 11.8 Å². The molecule has 4 rings (SSSR count). The lowest BCUT2D eigenvalue weighted by Gasteiger charge is -2.28. The molecule has 2 aromatic carbocycles. The molecule has 2 aliphatic heterocycles. The lowest BCUT2D eigenvalue weighted by atomic mass is 9.93. The first-order valence-corrected chi connectivity index (χ1v) is 21.0. The van der Waals surface area contributed by atoms with Gasteiger partial charge in [-0.2, -0.15) is 0 Å². The molecule has 0 aromatic heterocycles. The summed E-state index contributed by atoms with van der Waals surface area (Å²) in [6.45, 7) is 13.3. The number of benzene rings is 2. The molecular formula is C45H67N5O6. The third-order valence-corrected chi connectivity index (χ3v) is 10.7. The Morgan fingerprint density at radius 2 is 1.20 bits per heavy atom. The van der Waals surface area contributed by atoms with Gasteiger partial charge in [0.05, 0.1) is 12.6 Å². The van der Waals surface area contributed by atoms with Crippen LogP contribution < -0.4 is 21.3 Å². The fourth-order valence-corrected chi connectivity index (χ4v) is 7.37. The molecule has 2 heterocycles. The minimum absolute atomic E-state index is 0.0297. The van der Waals surface area contributed by atoms with E-state index in [-0.39, 0.29) is 29.9 Å². The van der Waals surface area contributed by atoms with Gasteiger partial charge in [0.15, 0.2) is 5.78 Å². The van der Waals surface area contributed by atoms with Crippen LogP contribution in [0.15, 0.2) is 60.7 Å². The number of carbonyl (C=O) groups excluding carboxylic acids is 5. The Bertz CT molecular complexity index is 1540. The second-order valence-electron chi connectivity index (χ2n) is 16.9. The predicted molar refractivity (Wildman–Crippen MR) is 220 cm³/mol. The standard InChI is InChI=1S/C45H67N5O6/c1-32(2)28-37(41(52)45(5)31-56-45)47-44(55)39(30-35-20-12-7-13-21-35)49-43(54)38(29-33(3)4)48-42(53)36(24-23-34-18-10-6-11-19-34)46-40(51)22-14-8-15-25-50-26-16-9-17-27-50/h6-7,10-13,18-21,32-33,36-39H,8-9,14-17,22-31H2,1-5H3,(H,46,51)(H,47,55)(H,48,53)(H,49,54)/t36-,37?,38?,39-,45?/m0/s1. The van der Waals surface area contributed by atoms with Crippen molar-refractivity contribution in [3.63, 3.8) is 0 Å². The molecule has 11 nitrogen and oxygen atoms in total. The quantitative estimate of drug-likeness (QED) is 0.0837. The van der Waals surface area contributed by atoms with Gasteiger partial charge in [-0.3, -0.25) is 24.0 Å². The summed E-state index contributed by atoms with van der Waals surface area (Å²) in [6, 6.07) is 15.6. The van der Waals surface area contributed by atoms with Gasteiger partial charge in [0.1, 0.15) is 23.7 Å². The maximum atomic E-state index is 14.1. The number of nitrogens with one attached hydrogen (secondary N) is 4. The normalized spacial score (nSPS) is 19.1. The first-order valence-electron chi connectivity index (χ1n) is 21.0. The number of unbranched alkanes of at least 4 members (excludes halogenated alkanes) is 2. The molecule has 11 heteroatoms. The van der Waals surface area contributed by atoms with E-state index in [1.54, 1.807) is 6.92 Å². The minimum Gasteiger partial charge on any atom is -0.361 e. The smallest absolute Gasteiger partial charge is 0.243 e. The number of nitrogens with zero attached hydrogens (tertiary/aromatic N) is 1. The van der Waals surface area contributed by atoms with E-state index in [4.69, 9.17) is 4.74 Å². The van der Waals surface area contributed by atoms with Crippen molar-refractivity contribution >= 4 is 29.4 Å². The number of epoxide rings is 1. The van der Waals surface area contributed by atoms with Crippen LogP contribution >= 0.6 is 0 Å². The zero-order chi connectivity index (χ0) is 40.5. The number of amides is 4. The van der Waals surface area contributed by atoms with E-state index in [2.05, 4.69) is 26.2 Å². The van der Waals surface area contributed by atoms with E-state index < -0.39 is 47.5 Å². The average Bonchev–Trinajstić information content (AvgIpc) is 3.94. The lowest BCUT2D eigenvalue weighted by molar-refractivity contribution is -0.135. The molecule has 0 saturated carbocycles. The van der Waals surface area contributed by atoms with E-state index in [0.717, 1.165) is 50.0 Å². The third-order valence-electron chi connectivity index (χ3n) is 10.7. The molecular weight excluding hydrogens is 707 g/mol. The summed E-state index contributed by atoms with van der Waals surface area (Å²) in [4.78, 5) is 71.3. The van der Waals surface area contributed by atoms with E-state index in [1.165, 1.54) is 19.3 Å². The molecule has 2 aliphatic rings. The Balaban J connectivity index is 1.45. The zero-order valence-corrected chi connectivity index (χ0v) is 34.4. The molecule has 4 N–H and O–H groups in total. The van der Waals surface area contributed by atoms with Crippen molar-refractivity contribution < 1.29 is 28.7 Å². The lowest BCUT2D eigenvalue weighted by Crippen LogP contribution is -2.59. The van der Waals surface area contributed by atoms with Crippen molar-refractivity contribution in [1.82, 2.24) is 26.2 Å². The van der Waals surface area contributed by atoms with Gasteiger partial charge in [0, 0.05) is 12.8 Å². The van der Waals surface area contributed by atoms with Gasteiger partial charge < -0.3 is 30.9 Å².